The van der Waals surface area contributed by atoms with Crippen LogP contribution >= 0.6 is 15.9 Å². The zero-order valence-corrected chi connectivity index (χ0v) is 17.0. The van der Waals surface area contributed by atoms with Crippen LogP contribution in [0.4, 0.5) is 10.5 Å². The van der Waals surface area contributed by atoms with E-state index in [1.165, 1.54) is 21.8 Å². The summed E-state index contributed by atoms with van der Waals surface area (Å²) in [5.41, 5.74) is 5.57. The highest BCUT2D eigenvalue weighted by atomic mass is 79.9. The van der Waals surface area contributed by atoms with E-state index < -0.39 is 15.9 Å². The molecule has 5 rings (SSSR count). The summed E-state index contributed by atoms with van der Waals surface area (Å²) in [5.74, 6) is 0.323. The van der Waals surface area contributed by atoms with E-state index in [1.54, 1.807) is 4.68 Å². The number of urea groups is 1. The van der Waals surface area contributed by atoms with Crippen molar-refractivity contribution >= 4 is 37.6 Å². The van der Waals surface area contributed by atoms with Crippen LogP contribution in [0.1, 0.15) is 35.2 Å². The van der Waals surface area contributed by atoms with E-state index in [-0.39, 0.29) is 10.9 Å². The summed E-state index contributed by atoms with van der Waals surface area (Å²) < 4.78 is 25.0. The van der Waals surface area contributed by atoms with Gasteiger partial charge in [0.2, 0.25) is 5.88 Å². The Bertz CT molecular complexity index is 1100. The summed E-state index contributed by atoms with van der Waals surface area (Å²) in [5, 5.41) is 12.9. The number of nitrogens with zero attached hydrogens (tertiary/aromatic N) is 3. The molecule has 0 fully saturated rings. The molecule has 27 heavy (non-hydrogen) atoms. The van der Waals surface area contributed by atoms with Crippen molar-refractivity contribution in [3.63, 3.8) is 0 Å². The number of nitrogens with one attached hydrogen (secondary N) is 1. The third-order valence-electron chi connectivity index (χ3n) is 5.47. The molecular formula is C17H18BrN5O3S. The van der Waals surface area contributed by atoms with Gasteiger partial charge in [-0.2, -0.15) is 5.10 Å². The number of amides is 2. The fourth-order valence-electron chi connectivity index (χ4n) is 3.86. The standard InChI is InChI=1S/C17H18BrN5O3S/c1-8-7-26-16-13(6-20-23(8)16)27(19,25)22-17(24)21-15-11-4-2-9(11)14(18)10-3-5-12(10)15/h6,8H,2-5,7H2,1H3,(H3,19,21,22,24,25)/t8-,27?/m0/s1. The molecule has 1 aromatic heterocycles. The van der Waals surface area contributed by atoms with E-state index in [0.29, 0.717) is 12.5 Å². The molecule has 1 aromatic carbocycles. The van der Waals surface area contributed by atoms with Crippen molar-refractivity contribution < 1.29 is 13.7 Å². The van der Waals surface area contributed by atoms with Gasteiger partial charge < -0.3 is 10.1 Å². The summed E-state index contributed by atoms with van der Waals surface area (Å²) in [6, 6.07) is -0.683. The van der Waals surface area contributed by atoms with Crippen molar-refractivity contribution in [2.24, 2.45) is 9.50 Å². The van der Waals surface area contributed by atoms with E-state index in [1.807, 2.05) is 6.92 Å². The number of halogens is 1. The maximum Gasteiger partial charge on any atom is 0.354 e. The van der Waals surface area contributed by atoms with Crippen molar-refractivity contribution in [2.75, 3.05) is 11.9 Å². The van der Waals surface area contributed by atoms with Crippen LogP contribution < -0.4 is 15.2 Å². The Kier molecular flexibility index (Phi) is 3.69. The Hall–Kier alpha value is -1.91. The molecule has 0 saturated carbocycles. The first kappa shape index (κ1) is 17.2. The molecule has 0 bridgehead atoms. The second-order valence-corrected chi connectivity index (χ2v) is 9.66. The summed E-state index contributed by atoms with van der Waals surface area (Å²) in [6.07, 6.45) is 5.18. The van der Waals surface area contributed by atoms with E-state index in [9.17, 15) is 9.00 Å². The summed E-state index contributed by atoms with van der Waals surface area (Å²) in [4.78, 5) is 12.7. The third kappa shape index (κ3) is 2.46. The van der Waals surface area contributed by atoms with Crippen molar-refractivity contribution in [1.29, 1.82) is 0 Å². The molecule has 0 radical (unpaired) electrons. The topological polar surface area (TPSA) is 112 Å². The van der Waals surface area contributed by atoms with Crippen molar-refractivity contribution in [3.05, 3.63) is 32.9 Å². The van der Waals surface area contributed by atoms with Crippen LogP contribution in [-0.4, -0.2) is 26.6 Å². The van der Waals surface area contributed by atoms with Gasteiger partial charge in [0, 0.05) is 10.2 Å². The quantitative estimate of drug-likeness (QED) is 0.730. The van der Waals surface area contributed by atoms with E-state index in [4.69, 9.17) is 9.88 Å². The van der Waals surface area contributed by atoms with Gasteiger partial charge >= 0.3 is 6.03 Å². The molecule has 8 nitrogen and oxygen atoms in total. The number of aromatic nitrogens is 2. The molecule has 142 valence electrons. The Labute approximate surface area is 164 Å². The number of hydrogen-bond donors (Lipinski definition) is 2. The van der Waals surface area contributed by atoms with Crippen LogP contribution in [0.5, 0.6) is 5.88 Å². The number of ether oxygens (including phenoxy) is 1. The number of anilines is 1. The molecule has 2 heterocycles. The first-order chi connectivity index (χ1) is 12.9. The maximum atomic E-state index is 12.9. The highest BCUT2D eigenvalue weighted by molar-refractivity contribution is 9.10. The second kappa shape index (κ2) is 5.79. The maximum absolute atomic E-state index is 12.9. The second-order valence-electron chi connectivity index (χ2n) is 7.11. The largest absolute Gasteiger partial charge is 0.475 e. The number of carbonyl (C=O) groups excluding carboxylic acids is 1. The molecule has 2 atom stereocenters. The van der Waals surface area contributed by atoms with E-state index in [0.717, 1.165) is 42.5 Å². The minimum absolute atomic E-state index is 0.0261. The molecule has 2 aliphatic carbocycles. The van der Waals surface area contributed by atoms with Gasteiger partial charge in [-0.05, 0) is 54.9 Å². The van der Waals surface area contributed by atoms with Gasteiger partial charge in [-0.25, -0.2) is 18.8 Å². The molecule has 0 saturated heterocycles. The zero-order chi connectivity index (χ0) is 18.9. The van der Waals surface area contributed by atoms with Gasteiger partial charge in [-0.3, -0.25) is 0 Å². The molecule has 10 heteroatoms. The van der Waals surface area contributed by atoms with E-state index in [2.05, 4.69) is 30.7 Å². The van der Waals surface area contributed by atoms with Gasteiger partial charge in [0.25, 0.3) is 0 Å². The predicted octanol–water partition coefficient (Wildman–Crippen LogP) is 2.73. The lowest BCUT2D eigenvalue weighted by atomic mass is 9.76. The lowest BCUT2D eigenvalue weighted by molar-refractivity contribution is 0.260. The Morgan fingerprint density at radius 3 is 2.56 bits per heavy atom. The molecule has 2 aromatic rings. The van der Waals surface area contributed by atoms with Crippen molar-refractivity contribution in [2.45, 2.75) is 43.5 Å². The predicted molar refractivity (Wildman–Crippen MR) is 103 cm³/mol. The minimum atomic E-state index is -3.46. The van der Waals surface area contributed by atoms with Gasteiger partial charge in [0.1, 0.15) is 11.5 Å². The molecule has 3 N–H and O–H groups in total. The van der Waals surface area contributed by atoms with Crippen LogP contribution in [0.2, 0.25) is 0 Å². The summed E-state index contributed by atoms with van der Waals surface area (Å²) in [7, 11) is -3.46. The van der Waals surface area contributed by atoms with Gasteiger partial charge in [0.15, 0.2) is 9.92 Å². The average Bonchev–Trinajstić information content (AvgIpc) is 3.06. The van der Waals surface area contributed by atoms with Crippen molar-refractivity contribution in [3.8, 4) is 5.88 Å². The minimum Gasteiger partial charge on any atom is -0.475 e. The van der Waals surface area contributed by atoms with Crippen LogP contribution in [0.25, 0.3) is 0 Å². The van der Waals surface area contributed by atoms with Crippen LogP contribution in [0.15, 0.2) is 19.9 Å². The SMILES string of the molecule is C[C@H]1COc2c(S(N)(=O)=NC(=O)Nc3c4c(c(Br)c5c3CC5)CC4)cnn21. The summed E-state index contributed by atoms with van der Waals surface area (Å²) >= 11 is 3.67. The smallest absolute Gasteiger partial charge is 0.354 e. The first-order valence-electron chi connectivity index (χ1n) is 8.78. The van der Waals surface area contributed by atoms with Crippen LogP contribution in [0, 0.1) is 0 Å². The highest BCUT2D eigenvalue weighted by Crippen LogP contribution is 2.46. The molecular weight excluding hydrogens is 434 g/mol. The number of hydrogen-bond acceptors (Lipinski definition) is 4. The van der Waals surface area contributed by atoms with Gasteiger partial charge in [-0.1, -0.05) is 15.9 Å². The highest BCUT2D eigenvalue weighted by Gasteiger charge is 2.32. The fourth-order valence-corrected chi connectivity index (χ4v) is 5.73. The molecule has 1 unspecified atom stereocenters. The fraction of sp³-hybridized carbons (Fsp3) is 0.412. The van der Waals surface area contributed by atoms with Crippen molar-refractivity contribution in [1.82, 2.24) is 9.78 Å². The number of carbonyl (C=O) groups is 1. The molecule has 2 amide bonds. The number of rotatable bonds is 2. The van der Waals surface area contributed by atoms with Crippen LogP contribution in [-0.2, 0) is 35.6 Å². The Morgan fingerprint density at radius 2 is 1.96 bits per heavy atom. The van der Waals surface area contributed by atoms with Gasteiger partial charge in [-0.15, -0.1) is 4.36 Å². The average molecular weight is 452 g/mol. The molecule has 1 aliphatic heterocycles. The third-order valence-corrected chi connectivity index (χ3v) is 7.78. The number of fused-ring (bicyclic) bond motifs is 3. The van der Waals surface area contributed by atoms with Crippen LogP contribution in [0.3, 0.4) is 0 Å². The normalized spacial score (nSPS) is 20.9. The molecule has 0 spiro atoms. The zero-order valence-electron chi connectivity index (χ0n) is 14.6. The molecule has 3 aliphatic rings. The number of benzene rings is 1. The number of nitrogens with two attached hydrogens (primary N) is 1. The Morgan fingerprint density at radius 1 is 1.33 bits per heavy atom. The monoisotopic (exact) mass is 451 g/mol. The lowest BCUT2D eigenvalue weighted by Gasteiger charge is -2.33. The first-order valence-corrected chi connectivity index (χ1v) is 11.1. The lowest BCUT2D eigenvalue weighted by Crippen LogP contribution is -2.25. The Balaban J connectivity index is 1.48. The van der Waals surface area contributed by atoms with Gasteiger partial charge in [0.05, 0.1) is 12.2 Å². The summed E-state index contributed by atoms with van der Waals surface area (Å²) in [6.45, 7) is 2.35. The van der Waals surface area contributed by atoms with E-state index >= 15 is 0 Å².